The zero-order chi connectivity index (χ0) is 12.3. The fraction of sp³-hybridized carbons (Fsp3) is 0.417. The summed E-state index contributed by atoms with van der Waals surface area (Å²) < 4.78 is 6.13. The highest BCUT2D eigenvalue weighted by molar-refractivity contribution is 9.10. The fourth-order valence-electron chi connectivity index (χ4n) is 1.85. The third-order valence-electron chi connectivity index (χ3n) is 2.66. The molecule has 0 radical (unpaired) electrons. The summed E-state index contributed by atoms with van der Waals surface area (Å²) in [5, 5.41) is 8.81. The molecule has 1 fully saturated rings. The number of benzene rings is 1. The quantitative estimate of drug-likeness (QED) is 0.927. The second-order valence-electron chi connectivity index (χ2n) is 4.03. The molecule has 0 aromatic heterocycles. The summed E-state index contributed by atoms with van der Waals surface area (Å²) in [4.78, 5) is 13.2. The van der Waals surface area contributed by atoms with Gasteiger partial charge in [0.15, 0.2) is 0 Å². The summed E-state index contributed by atoms with van der Waals surface area (Å²) in [6, 6.07) is 7.83. The Morgan fingerprint density at radius 2 is 2.35 bits per heavy atom. The van der Waals surface area contributed by atoms with Crippen molar-refractivity contribution in [3.63, 3.8) is 0 Å². The normalized spacial score (nSPS) is 19.5. The van der Waals surface area contributed by atoms with Gasteiger partial charge in [0.2, 0.25) is 0 Å². The molecule has 1 aliphatic heterocycles. The van der Waals surface area contributed by atoms with Crippen molar-refractivity contribution in [3.8, 4) is 0 Å². The van der Waals surface area contributed by atoms with E-state index in [9.17, 15) is 4.79 Å². The molecule has 4 nitrogen and oxygen atoms in total. The molecule has 1 aliphatic rings. The molecular weight excluding hydrogens is 286 g/mol. The van der Waals surface area contributed by atoms with Gasteiger partial charge in [0.05, 0.1) is 6.54 Å². The summed E-state index contributed by atoms with van der Waals surface area (Å²) in [7, 11) is 0. The lowest BCUT2D eigenvalue weighted by molar-refractivity contribution is 0.117. The van der Waals surface area contributed by atoms with Crippen molar-refractivity contribution in [2.45, 2.75) is 19.1 Å². The maximum atomic E-state index is 11.6. The average molecular weight is 300 g/mol. The molecule has 1 heterocycles. The molecular formula is C12H14BrNO3. The topological polar surface area (TPSA) is 49.8 Å². The van der Waals surface area contributed by atoms with Gasteiger partial charge in [-0.3, -0.25) is 0 Å². The van der Waals surface area contributed by atoms with Gasteiger partial charge in [-0.2, -0.15) is 0 Å². The van der Waals surface area contributed by atoms with Crippen LogP contribution in [0.5, 0.6) is 0 Å². The van der Waals surface area contributed by atoms with Crippen molar-refractivity contribution < 1.29 is 14.6 Å². The van der Waals surface area contributed by atoms with Crippen molar-refractivity contribution in [2.24, 2.45) is 0 Å². The lowest BCUT2D eigenvalue weighted by Gasteiger charge is -2.12. The second kappa shape index (κ2) is 5.51. The fourth-order valence-corrected chi connectivity index (χ4v) is 2.30. The first-order valence-electron chi connectivity index (χ1n) is 5.50. The molecule has 1 N–H and O–H groups in total. The predicted molar refractivity (Wildman–Crippen MR) is 66.5 cm³/mol. The first-order valence-corrected chi connectivity index (χ1v) is 6.29. The molecule has 0 aliphatic carbocycles. The van der Waals surface area contributed by atoms with Crippen molar-refractivity contribution in [1.29, 1.82) is 0 Å². The predicted octanol–water partition coefficient (Wildman–Crippen LogP) is 2.15. The molecule has 1 saturated heterocycles. The van der Waals surface area contributed by atoms with E-state index >= 15 is 0 Å². The van der Waals surface area contributed by atoms with Crippen LogP contribution in [0.1, 0.15) is 12.0 Å². The summed E-state index contributed by atoms with van der Waals surface area (Å²) in [6.07, 6.45) is 0.0175. The van der Waals surface area contributed by atoms with E-state index in [1.54, 1.807) is 4.90 Å². The van der Waals surface area contributed by atoms with Crippen molar-refractivity contribution in [1.82, 2.24) is 4.90 Å². The van der Waals surface area contributed by atoms with Gasteiger partial charge in [-0.1, -0.05) is 28.1 Å². The van der Waals surface area contributed by atoms with E-state index in [1.165, 1.54) is 0 Å². The van der Waals surface area contributed by atoms with E-state index in [0.717, 1.165) is 10.0 Å². The van der Waals surface area contributed by atoms with Crippen LogP contribution in [0.15, 0.2) is 28.7 Å². The number of halogens is 1. The number of rotatable bonds is 4. The molecule has 92 valence electrons. The summed E-state index contributed by atoms with van der Waals surface area (Å²) in [5.41, 5.74) is 1.06. The minimum atomic E-state index is -0.302. The number of carbonyl (C=O) groups is 1. The smallest absolute Gasteiger partial charge is 0.410 e. The number of hydrogen-bond donors (Lipinski definition) is 1. The largest absolute Gasteiger partial charge is 0.444 e. The van der Waals surface area contributed by atoms with Crippen LogP contribution in [-0.4, -0.2) is 35.4 Å². The van der Waals surface area contributed by atoms with Gasteiger partial charge in [-0.05, 0) is 17.7 Å². The minimum absolute atomic E-state index is 0.0443. The van der Waals surface area contributed by atoms with Gasteiger partial charge in [0.25, 0.3) is 0 Å². The van der Waals surface area contributed by atoms with E-state index in [4.69, 9.17) is 9.84 Å². The molecule has 1 aromatic rings. The van der Waals surface area contributed by atoms with Gasteiger partial charge in [-0.25, -0.2) is 4.79 Å². The molecule has 17 heavy (non-hydrogen) atoms. The zero-order valence-corrected chi connectivity index (χ0v) is 10.9. The second-order valence-corrected chi connectivity index (χ2v) is 4.94. The molecule has 1 atom stereocenters. The summed E-state index contributed by atoms with van der Waals surface area (Å²) in [6.45, 7) is 1.13. The Bertz CT molecular complexity index is 410. The van der Waals surface area contributed by atoms with E-state index in [0.29, 0.717) is 19.5 Å². The van der Waals surface area contributed by atoms with Crippen LogP contribution < -0.4 is 0 Å². The van der Waals surface area contributed by atoms with Crippen LogP contribution in [0.25, 0.3) is 0 Å². The molecule has 1 aromatic carbocycles. The number of aliphatic hydroxyl groups excluding tert-OH is 1. The van der Waals surface area contributed by atoms with Crippen LogP contribution in [0, 0.1) is 0 Å². The lowest BCUT2D eigenvalue weighted by atomic mass is 10.2. The number of carbonyl (C=O) groups excluding carboxylic acids is 1. The van der Waals surface area contributed by atoms with Crippen molar-refractivity contribution >= 4 is 22.0 Å². The first kappa shape index (κ1) is 12.4. The number of aliphatic hydroxyl groups is 1. The minimum Gasteiger partial charge on any atom is -0.444 e. The van der Waals surface area contributed by atoms with Crippen LogP contribution in [0.2, 0.25) is 0 Å². The van der Waals surface area contributed by atoms with Gasteiger partial charge < -0.3 is 14.7 Å². The monoisotopic (exact) mass is 299 g/mol. The summed E-state index contributed by atoms with van der Waals surface area (Å²) in [5.74, 6) is 0. The van der Waals surface area contributed by atoms with Gasteiger partial charge in [-0.15, -0.1) is 0 Å². The number of ether oxygens (including phenoxy) is 1. The Hall–Kier alpha value is -1.07. The maximum Gasteiger partial charge on any atom is 0.410 e. The van der Waals surface area contributed by atoms with Crippen LogP contribution in [-0.2, 0) is 11.3 Å². The first-order chi connectivity index (χ1) is 8.19. The van der Waals surface area contributed by atoms with Gasteiger partial charge in [0, 0.05) is 24.0 Å². The van der Waals surface area contributed by atoms with E-state index in [-0.39, 0.29) is 18.8 Å². The molecule has 0 spiro atoms. The summed E-state index contributed by atoms with van der Waals surface area (Å²) >= 11 is 3.40. The third-order valence-corrected chi connectivity index (χ3v) is 3.16. The highest BCUT2D eigenvalue weighted by Crippen LogP contribution is 2.19. The Morgan fingerprint density at radius 3 is 3.06 bits per heavy atom. The molecule has 5 heteroatoms. The van der Waals surface area contributed by atoms with Crippen LogP contribution in [0.4, 0.5) is 4.79 Å². The van der Waals surface area contributed by atoms with Crippen molar-refractivity contribution in [2.75, 3.05) is 13.2 Å². The zero-order valence-electron chi connectivity index (χ0n) is 9.30. The highest BCUT2D eigenvalue weighted by atomic mass is 79.9. The van der Waals surface area contributed by atoms with Gasteiger partial charge >= 0.3 is 6.09 Å². The Labute approximate surface area is 108 Å². The number of cyclic esters (lactones) is 1. The highest BCUT2D eigenvalue weighted by Gasteiger charge is 2.30. The van der Waals surface area contributed by atoms with E-state index in [1.807, 2.05) is 24.3 Å². The number of amides is 1. The Morgan fingerprint density at radius 1 is 1.53 bits per heavy atom. The van der Waals surface area contributed by atoms with E-state index < -0.39 is 0 Å². The van der Waals surface area contributed by atoms with Gasteiger partial charge in [0.1, 0.15) is 6.10 Å². The van der Waals surface area contributed by atoms with Crippen molar-refractivity contribution in [3.05, 3.63) is 34.3 Å². The van der Waals surface area contributed by atoms with Crippen LogP contribution >= 0.6 is 15.9 Å². The molecule has 1 unspecified atom stereocenters. The SMILES string of the molecule is O=C1OC(CCO)CN1Cc1cccc(Br)c1. The van der Waals surface area contributed by atoms with E-state index in [2.05, 4.69) is 15.9 Å². The number of nitrogens with zero attached hydrogens (tertiary/aromatic N) is 1. The molecule has 0 saturated carbocycles. The maximum absolute atomic E-state index is 11.6. The third kappa shape index (κ3) is 3.20. The molecule has 1 amide bonds. The standard InChI is InChI=1S/C12H14BrNO3/c13-10-3-1-2-9(6-10)7-14-8-11(4-5-15)17-12(14)16/h1-3,6,11,15H,4-5,7-8H2. The molecule has 2 rings (SSSR count). The number of hydrogen-bond acceptors (Lipinski definition) is 3. The lowest BCUT2D eigenvalue weighted by Crippen LogP contribution is -2.24. The Kier molecular flexibility index (Phi) is 4.02. The van der Waals surface area contributed by atoms with Crippen LogP contribution in [0.3, 0.4) is 0 Å². The Balaban J connectivity index is 1.98. The molecule has 0 bridgehead atoms. The average Bonchev–Trinajstić information content (AvgIpc) is 2.60.